The minimum atomic E-state index is -0.231. The van der Waals surface area contributed by atoms with Crippen molar-refractivity contribution < 1.29 is 9.53 Å². The summed E-state index contributed by atoms with van der Waals surface area (Å²) in [5.41, 5.74) is 3.89. The zero-order valence-electron chi connectivity index (χ0n) is 16.0. The molecule has 1 aromatic heterocycles. The number of H-pyrrole nitrogens is 1. The van der Waals surface area contributed by atoms with E-state index in [1.807, 2.05) is 78.9 Å². The summed E-state index contributed by atoms with van der Waals surface area (Å²) < 4.78 is 5.25. The fourth-order valence-corrected chi connectivity index (χ4v) is 3.83. The molecule has 0 spiro atoms. The average molecular weight is 404 g/mol. The van der Waals surface area contributed by atoms with Crippen molar-refractivity contribution in [2.45, 2.75) is 11.2 Å². The number of aromatic amines is 1. The van der Waals surface area contributed by atoms with Crippen LogP contribution in [0, 0.1) is 0 Å². The highest BCUT2D eigenvalue weighted by Gasteiger charge is 2.17. The first kappa shape index (κ1) is 19.1. The van der Waals surface area contributed by atoms with Crippen molar-refractivity contribution in [1.82, 2.24) is 15.3 Å². The Bertz CT molecular complexity index is 1060. The van der Waals surface area contributed by atoms with Gasteiger partial charge < -0.3 is 15.0 Å². The first-order valence-electron chi connectivity index (χ1n) is 9.29. The first-order valence-corrected chi connectivity index (χ1v) is 10.3. The van der Waals surface area contributed by atoms with E-state index in [1.165, 1.54) is 11.8 Å². The van der Waals surface area contributed by atoms with Gasteiger partial charge in [-0.1, -0.05) is 66.4 Å². The van der Waals surface area contributed by atoms with E-state index in [0.29, 0.717) is 0 Å². The molecule has 4 aromatic rings. The normalized spacial score (nSPS) is 11.9. The Kier molecular flexibility index (Phi) is 5.81. The Morgan fingerprint density at radius 2 is 1.69 bits per heavy atom. The van der Waals surface area contributed by atoms with Crippen molar-refractivity contribution in [3.8, 4) is 5.75 Å². The fourth-order valence-electron chi connectivity index (χ4n) is 3.14. The molecule has 0 aliphatic rings. The molecule has 6 heteroatoms. The van der Waals surface area contributed by atoms with Crippen molar-refractivity contribution >= 4 is 28.7 Å². The molecule has 4 rings (SSSR count). The summed E-state index contributed by atoms with van der Waals surface area (Å²) in [6, 6.07) is 25.3. The Labute approximate surface area is 173 Å². The number of rotatable bonds is 7. The van der Waals surface area contributed by atoms with Gasteiger partial charge >= 0.3 is 0 Å². The Balaban J connectivity index is 1.48. The highest BCUT2D eigenvalue weighted by Crippen LogP contribution is 2.25. The van der Waals surface area contributed by atoms with Crippen LogP contribution in [0.4, 0.5) is 0 Å². The number of amides is 1. The average Bonchev–Trinajstić information content (AvgIpc) is 3.20. The van der Waals surface area contributed by atoms with Crippen molar-refractivity contribution in [3.63, 3.8) is 0 Å². The Hall–Kier alpha value is -3.25. The lowest BCUT2D eigenvalue weighted by atomic mass is 9.98. The molecule has 29 heavy (non-hydrogen) atoms. The third kappa shape index (κ3) is 4.60. The number of hydrogen-bond donors (Lipinski definition) is 2. The summed E-state index contributed by atoms with van der Waals surface area (Å²) in [5, 5.41) is 3.89. The van der Waals surface area contributed by atoms with Crippen LogP contribution < -0.4 is 10.1 Å². The molecular weight excluding hydrogens is 382 g/mol. The number of benzene rings is 3. The second kappa shape index (κ2) is 8.84. The number of para-hydroxylation sites is 2. The standard InChI is InChI=1S/C23H21N3O2S/c1-28-18-13-11-17(12-14-18)22(16-7-3-2-4-8-16)26-21(27)15-29-23-24-19-9-5-6-10-20(19)25-23/h2-14,22H,15H2,1H3,(H,24,25)(H,26,27)/t22-/m1/s1. The van der Waals surface area contributed by atoms with Crippen LogP contribution in [0.15, 0.2) is 84.0 Å². The highest BCUT2D eigenvalue weighted by molar-refractivity contribution is 7.99. The second-order valence-corrected chi connectivity index (χ2v) is 7.50. The lowest BCUT2D eigenvalue weighted by Gasteiger charge is -2.20. The van der Waals surface area contributed by atoms with Gasteiger partial charge in [-0.25, -0.2) is 4.98 Å². The summed E-state index contributed by atoms with van der Waals surface area (Å²) >= 11 is 1.39. The van der Waals surface area contributed by atoms with E-state index in [1.54, 1.807) is 7.11 Å². The molecule has 1 atom stereocenters. The zero-order chi connectivity index (χ0) is 20.1. The number of fused-ring (bicyclic) bond motifs is 1. The predicted molar refractivity (Wildman–Crippen MR) is 116 cm³/mol. The van der Waals surface area contributed by atoms with Crippen molar-refractivity contribution in [2.24, 2.45) is 0 Å². The zero-order valence-corrected chi connectivity index (χ0v) is 16.8. The van der Waals surface area contributed by atoms with Gasteiger partial charge in [0.25, 0.3) is 0 Å². The van der Waals surface area contributed by atoms with Crippen LogP contribution in [0.5, 0.6) is 5.75 Å². The van der Waals surface area contributed by atoms with Crippen molar-refractivity contribution in [1.29, 1.82) is 0 Å². The molecule has 0 fully saturated rings. The summed E-state index contributed by atoms with van der Waals surface area (Å²) in [4.78, 5) is 20.5. The fraction of sp³-hybridized carbons (Fsp3) is 0.130. The number of ether oxygens (including phenoxy) is 1. The van der Waals surface area contributed by atoms with E-state index < -0.39 is 0 Å². The van der Waals surface area contributed by atoms with E-state index in [2.05, 4.69) is 15.3 Å². The summed E-state index contributed by atoms with van der Waals surface area (Å²) in [7, 11) is 1.64. The lowest BCUT2D eigenvalue weighted by Crippen LogP contribution is -2.30. The number of nitrogens with one attached hydrogen (secondary N) is 2. The number of hydrogen-bond acceptors (Lipinski definition) is 4. The van der Waals surface area contributed by atoms with Gasteiger partial charge in [-0.3, -0.25) is 4.79 Å². The van der Waals surface area contributed by atoms with Gasteiger partial charge in [0.05, 0.1) is 29.9 Å². The second-order valence-electron chi connectivity index (χ2n) is 6.53. The molecule has 2 N–H and O–H groups in total. The molecule has 0 radical (unpaired) electrons. The maximum Gasteiger partial charge on any atom is 0.231 e. The largest absolute Gasteiger partial charge is 0.497 e. The first-order chi connectivity index (χ1) is 14.2. The molecule has 3 aromatic carbocycles. The summed E-state index contributed by atoms with van der Waals surface area (Å²) in [6.07, 6.45) is 0. The molecular formula is C23H21N3O2S. The number of methoxy groups -OCH3 is 1. The number of carbonyl (C=O) groups excluding carboxylic acids is 1. The highest BCUT2D eigenvalue weighted by atomic mass is 32.2. The van der Waals surface area contributed by atoms with Crippen LogP contribution >= 0.6 is 11.8 Å². The molecule has 0 aliphatic carbocycles. The molecule has 0 saturated heterocycles. The van der Waals surface area contributed by atoms with Crippen LogP contribution in [0.2, 0.25) is 0 Å². The quantitative estimate of drug-likeness (QED) is 0.444. The number of carbonyl (C=O) groups is 1. The third-order valence-corrected chi connectivity index (χ3v) is 5.47. The number of aromatic nitrogens is 2. The van der Waals surface area contributed by atoms with Crippen LogP contribution in [-0.2, 0) is 4.79 Å². The Morgan fingerprint density at radius 1 is 1.00 bits per heavy atom. The number of imidazole rings is 1. The molecule has 1 heterocycles. The summed E-state index contributed by atoms with van der Waals surface area (Å²) in [5.74, 6) is 1.01. The smallest absolute Gasteiger partial charge is 0.231 e. The van der Waals surface area contributed by atoms with E-state index in [4.69, 9.17) is 4.74 Å². The molecule has 146 valence electrons. The number of thioether (sulfide) groups is 1. The molecule has 0 bridgehead atoms. The number of nitrogens with zero attached hydrogens (tertiary/aromatic N) is 1. The SMILES string of the molecule is COc1ccc([C@H](NC(=O)CSc2nc3ccccc3[nH]2)c2ccccc2)cc1. The van der Waals surface area contributed by atoms with E-state index >= 15 is 0 Å². The molecule has 5 nitrogen and oxygen atoms in total. The predicted octanol–water partition coefficient (Wildman–Crippen LogP) is 4.57. The minimum absolute atomic E-state index is 0.0554. The Morgan fingerprint density at radius 3 is 2.41 bits per heavy atom. The van der Waals surface area contributed by atoms with Crippen molar-refractivity contribution in [3.05, 3.63) is 90.0 Å². The van der Waals surface area contributed by atoms with Gasteiger partial charge in [0, 0.05) is 0 Å². The van der Waals surface area contributed by atoms with Gasteiger partial charge in [-0.05, 0) is 35.4 Å². The van der Waals surface area contributed by atoms with Crippen LogP contribution in [0.1, 0.15) is 17.2 Å². The third-order valence-electron chi connectivity index (χ3n) is 4.59. The van der Waals surface area contributed by atoms with E-state index in [-0.39, 0.29) is 17.7 Å². The maximum absolute atomic E-state index is 12.7. The van der Waals surface area contributed by atoms with E-state index in [9.17, 15) is 4.79 Å². The minimum Gasteiger partial charge on any atom is -0.497 e. The van der Waals surface area contributed by atoms with Crippen molar-refractivity contribution in [2.75, 3.05) is 12.9 Å². The van der Waals surface area contributed by atoms with Gasteiger partial charge in [-0.15, -0.1) is 0 Å². The van der Waals surface area contributed by atoms with Gasteiger partial charge in [-0.2, -0.15) is 0 Å². The van der Waals surface area contributed by atoms with Gasteiger partial charge in [0.15, 0.2) is 5.16 Å². The lowest BCUT2D eigenvalue weighted by molar-refractivity contribution is -0.119. The van der Waals surface area contributed by atoms with Crippen LogP contribution in [0.3, 0.4) is 0 Å². The van der Waals surface area contributed by atoms with Crippen LogP contribution in [0.25, 0.3) is 11.0 Å². The van der Waals surface area contributed by atoms with Gasteiger partial charge in [0.2, 0.25) is 5.91 Å². The molecule has 0 unspecified atom stereocenters. The van der Waals surface area contributed by atoms with Gasteiger partial charge in [0.1, 0.15) is 5.75 Å². The topological polar surface area (TPSA) is 67.0 Å². The van der Waals surface area contributed by atoms with E-state index in [0.717, 1.165) is 33.1 Å². The summed E-state index contributed by atoms with van der Waals surface area (Å²) in [6.45, 7) is 0. The van der Waals surface area contributed by atoms with Crippen LogP contribution in [-0.4, -0.2) is 28.7 Å². The maximum atomic E-state index is 12.7. The molecule has 1 amide bonds. The molecule has 0 saturated carbocycles. The monoisotopic (exact) mass is 403 g/mol. The molecule has 0 aliphatic heterocycles.